The summed E-state index contributed by atoms with van der Waals surface area (Å²) in [5, 5.41) is 3.63. The molecular formula is C17H30N2O3. The number of nitrogens with one attached hydrogen (secondary N) is 1. The number of rotatable bonds is 5. The third-order valence-electron chi connectivity index (χ3n) is 5.50. The molecule has 0 aromatic rings. The van der Waals surface area contributed by atoms with E-state index in [9.17, 15) is 4.79 Å². The number of likely N-dealkylation sites (N-methyl/N-ethyl adjacent to an activating group) is 1. The van der Waals surface area contributed by atoms with Crippen LogP contribution in [0.2, 0.25) is 0 Å². The molecule has 1 N–H and O–H groups in total. The smallest absolute Gasteiger partial charge is 0.251 e. The van der Waals surface area contributed by atoms with Crippen LogP contribution in [0.3, 0.4) is 0 Å². The van der Waals surface area contributed by atoms with E-state index in [0.717, 1.165) is 32.3 Å². The van der Waals surface area contributed by atoms with Gasteiger partial charge in [-0.25, -0.2) is 0 Å². The summed E-state index contributed by atoms with van der Waals surface area (Å²) in [6.07, 6.45) is 7.87. The Morgan fingerprint density at radius 2 is 2.00 bits per heavy atom. The Morgan fingerprint density at radius 3 is 2.64 bits per heavy atom. The molecule has 3 fully saturated rings. The van der Waals surface area contributed by atoms with Gasteiger partial charge >= 0.3 is 0 Å². The number of carbonyl (C=O) groups excluding carboxylic acids is 1. The van der Waals surface area contributed by atoms with E-state index in [1.807, 2.05) is 18.9 Å². The van der Waals surface area contributed by atoms with Crippen LogP contribution in [-0.2, 0) is 14.3 Å². The molecule has 4 unspecified atom stereocenters. The zero-order chi connectivity index (χ0) is 15.5. The van der Waals surface area contributed by atoms with Gasteiger partial charge in [0, 0.05) is 31.8 Å². The maximum atomic E-state index is 12.6. The van der Waals surface area contributed by atoms with Gasteiger partial charge in [0.1, 0.15) is 6.10 Å². The molecule has 5 heteroatoms. The fraction of sp³-hybridized carbons (Fsp3) is 0.941. The number of ether oxygens (including phenoxy) is 2. The first-order valence-electron chi connectivity index (χ1n) is 8.89. The molecule has 3 aliphatic rings. The summed E-state index contributed by atoms with van der Waals surface area (Å²) in [6, 6.07) is 1.57. The molecule has 2 bridgehead atoms. The van der Waals surface area contributed by atoms with Crippen molar-refractivity contribution in [1.29, 1.82) is 0 Å². The Labute approximate surface area is 133 Å². The Morgan fingerprint density at radius 1 is 1.27 bits per heavy atom. The second-order valence-electron chi connectivity index (χ2n) is 7.18. The van der Waals surface area contributed by atoms with Gasteiger partial charge in [0.05, 0.1) is 12.7 Å². The molecule has 0 radical (unpaired) electrons. The van der Waals surface area contributed by atoms with Crippen molar-refractivity contribution in [3.63, 3.8) is 0 Å². The molecule has 3 rings (SSSR count). The fourth-order valence-corrected chi connectivity index (χ4v) is 4.07. The zero-order valence-corrected chi connectivity index (χ0v) is 13.9. The van der Waals surface area contributed by atoms with E-state index in [-0.39, 0.29) is 18.1 Å². The number of hydrogen-bond donors (Lipinski definition) is 1. The van der Waals surface area contributed by atoms with Gasteiger partial charge in [-0.1, -0.05) is 0 Å². The summed E-state index contributed by atoms with van der Waals surface area (Å²) >= 11 is 0. The standard InChI is InChI=1S/C17H30N2O3/c1-12(22-11-16-5-3-4-8-21-16)17(20)19(2)15-9-13-6-7-14(10-15)18-13/h12-16,18H,3-11H2,1-2H3. The van der Waals surface area contributed by atoms with E-state index in [1.54, 1.807) is 0 Å². The van der Waals surface area contributed by atoms with Crippen molar-refractivity contribution in [1.82, 2.24) is 10.2 Å². The van der Waals surface area contributed by atoms with E-state index in [4.69, 9.17) is 9.47 Å². The third kappa shape index (κ3) is 3.81. The van der Waals surface area contributed by atoms with E-state index in [0.29, 0.717) is 24.7 Å². The van der Waals surface area contributed by atoms with Crippen LogP contribution in [0.15, 0.2) is 0 Å². The number of carbonyl (C=O) groups is 1. The quantitative estimate of drug-likeness (QED) is 0.840. The van der Waals surface area contributed by atoms with E-state index in [1.165, 1.54) is 19.3 Å². The highest BCUT2D eigenvalue weighted by Crippen LogP contribution is 2.29. The lowest BCUT2D eigenvalue weighted by atomic mass is 9.98. The zero-order valence-electron chi connectivity index (χ0n) is 13.9. The maximum Gasteiger partial charge on any atom is 0.251 e. The van der Waals surface area contributed by atoms with E-state index in [2.05, 4.69) is 5.32 Å². The Hall–Kier alpha value is -0.650. The highest BCUT2D eigenvalue weighted by molar-refractivity contribution is 5.80. The molecule has 3 aliphatic heterocycles. The maximum absolute atomic E-state index is 12.6. The number of piperidine rings is 1. The first-order valence-corrected chi connectivity index (χ1v) is 8.89. The molecule has 126 valence electrons. The summed E-state index contributed by atoms with van der Waals surface area (Å²) in [7, 11) is 1.94. The van der Waals surface area contributed by atoms with Crippen LogP contribution < -0.4 is 5.32 Å². The van der Waals surface area contributed by atoms with Crippen molar-refractivity contribution in [2.75, 3.05) is 20.3 Å². The minimum Gasteiger partial charge on any atom is -0.376 e. The molecule has 0 aromatic carbocycles. The summed E-state index contributed by atoms with van der Waals surface area (Å²) < 4.78 is 11.5. The van der Waals surface area contributed by atoms with Gasteiger partial charge in [-0.15, -0.1) is 0 Å². The van der Waals surface area contributed by atoms with Gasteiger partial charge in [-0.2, -0.15) is 0 Å². The minimum absolute atomic E-state index is 0.113. The van der Waals surface area contributed by atoms with Crippen LogP contribution in [0.4, 0.5) is 0 Å². The normalized spacial score (nSPS) is 36.1. The van der Waals surface area contributed by atoms with E-state index >= 15 is 0 Å². The lowest BCUT2D eigenvalue weighted by molar-refractivity contribution is -0.147. The van der Waals surface area contributed by atoms with Crippen molar-refractivity contribution in [3.05, 3.63) is 0 Å². The summed E-state index contributed by atoms with van der Waals surface area (Å²) in [5.41, 5.74) is 0. The van der Waals surface area contributed by atoms with Crippen LogP contribution in [0.25, 0.3) is 0 Å². The average molecular weight is 310 g/mol. The topological polar surface area (TPSA) is 50.8 Å². The Bertz CT molecular complexity index is 372. The van der Waals surface area contributed by atoms with Gasteiger partial charge in [0.25, 0.3) is 5.91 Å². The lowest BCUT2D eigenvalue weighted by Crippen LogP contribution is -2.51. The molecule has 5 nitrogen and oxygen atoms in total. The van der Waals surface area contributed by atoms with Crippen molar-refractivity contribution >= 4 is 5.91 Å². The molecule has 0 aliphatic carbocycles. The molecule has 3 saturated heterocycles. The van der Waals surface area contributed by atoms with Crippen molar-refractivity contribution < 1.29 is 14.3 Å². The first-order chi connectivity index (χ1) is 10.6. The summed E-state index contributed by atoms with van der Waals surface area (Å²) in [4.78, 5) is 14.5. The highest BCUT2D eigenvalue weighted by atomic mass is 16.5. The Balaban J connectivity index is 1.45. The number of fused-ring (bicyclic) bond motifs is 2. The fourth-order valence-electron chi connectivity index (χ4n) is 4.07. The van der Waals surface area contributed by atoms with Gasteiger partial charge < -0.3 is 19.7 Å². The van der Waals surface area contributed by atoms with Gasteiger partial charge in [0.15, 0.2) is 0 Å². The van der Waals surface area contributed by atoms with Crippen LogP contribution in [-0.4, -0.2) is 61.4 Å². The monoisotopic (exact) mass is 310 g/mol. The van der Waals surface area contributed by atoms with Crippen molar-refractivity contribution in [2.45, 2.75) is 82.2 Å². The molecule has 3 heterocycles. The summed E-state index contributed by atoms with van der Waals surface area (Å²) in [6.45, 7) is 3.24. The minimum atomic E-state index is -0.372. The molecule has 0 aromatic heterocycles. The molecule has 1 amide bonds. The third-order valence-corrected chi connectivity index (χ3v) is 5.50. The van der Waals surface area contributed by atoms with Gasteiger partial charge in [-0.05, 0) is 51.9 Å². The highest BCUT2D eigenvalue weighted by Gasteiger charge is 2.37. The Kier molecular flexibility index (Phi) is 5.37. The van der Waals surface area contributed by atoms with Crippen LogP contribution in [0, 0.1) is 0 Å². The molecule has 0 spiro atoms. The SMILES string of the molecule is CC(OCC1CCCCO1)C(=O)N(C)C1CC2CCC(C1)N2. The molecule has 4 atom stereocenters. The van der Waals surface area contributed by atoms with E-state index < -0.39 is 0 Å². The molecule has 22 heavy (non-hydrogen) atoms. The van der Waals surface area contributed by atoms with Crippen LogP contribution in [0.1, 0.15) is 51.9 Å². The van der Waals surface area contributed by atoms with Crippen LogP contribution >= 0.6 is 0 Å². The number of amides is 1. The summed E-state index contributed by atoms with van der Waals surface area (Å²) in [5.74, 6) is 0.113. The van der Waals surface area contributed by atoms with Gasteiger partial charge in [0.2, 0.25) is 0 Å². The predicted octanol–water partition coefficient (Wildman–Crippen LogP) is 1.70. The molecular weight excluding hydrogens is 280 g/mol. The van der Waals surface area contributed by atoms with Crippen LogP contribution in [0.5, 0.6) is 0 Å². The number of nitrogens with zero attached hydrogens (tertiary/aromatic N) is 1. The second-order valence-corrected chi connectivity index (χ2v) is 7.18. The second kappa shape index (κ2) is 7.28. The molecule has 0 saturated carbocycles. The van der Waals surface area contributed by atoms with Crippen molar-refractivity contribution in [3.8, 4) is 0 Å². The average Bonchev–Trinajstić information content (AvgIpc) is 2.90. The largest absolute Gasteiger partial charge is 0.376 e. The van der Waals surface area contributed by atoms with Gasteiger partial charge in [-0.3, -0.25) is 4.79 Å². The number of hydrogen-bond acceptors (Lipinski definition) is 4. The first kappa shape index (κ1) is 16.2. The predicted molar refractivity (Wildman–Crippen MR) is 84.7 cm³/mol. The van der Waals surface area contributed by atoms with Crippen molar-refractivity contribution in [2.24, 2.45) is 0 Å². The lowest BCUT2D eigenvalue weighted by Gasteiger charge is -2.36.